The van der Waals surface area contributed by atoms with Crippen LogP contribution >= 0.6 is 0 Å². The van der Waals surface area contributed by atoms with Crippen molar-refractivity contribution in [1.29, 1.82) is 0 Å². The van der Waals surface area contributed by atoms with Crippen LogP contribution in [0.2, 0.25) is 0 Å². The highest BCUT2D eigenvalue weighted by atomic mass is 16.6. The molecule has 0 bridgehead atoms. The molecule has 0 aliphatic carbocycles. The minimum Gasteiger partial charge on any atom is -0.374 e. The van der Waals surface area contributed by atoms with Crippen LogP contribution in [-0.2, 0) is 48.4 Å². The van der Waals surface area contributed by atoms with Crippen LogP contribution in [0.1, 0.15) is 23.6 Å². The van der Waals surface area contributed by atoms with Crippen molar-refractivity contribution in [2.75, 3.05) is 6.61 Å². The normalized spacial score (nSPS) is 26.0. The van der Waals surface area contributed by atoms with E-state index in [1.807, 2.05) is 91.0 Å². The molecule has 8 heteroatoms. The molecule has 2 amide bonds. The van der Waals surface area contributed by atoms with E-state index >= 15 is 0 Å². The predicted molar refractivity (Wildman–Crippen MR) is 144 cm³/mol. The van der Waals surface area contributed by atoms with Crippen LogP contribution in [0, 0.1) is 0 Å². The van der Waals surface area contributed by atoms with Gasteiger partial charge in [-0.15, -0.1) is 0 Å². The maximum absolute atomic E-state index is 13.0. The van der Waals surface area contributed by atoms with Gasteiger partial charge in [-0.25, -0.2) is 0 Å². The molecule has 2 heterocycles. The number of benzene rings is 3. The second kappa shape index (κ2) is 13.0. The molecule has 204 valence electrons. The van der Waals surface area contributed by atoms with Gasteiger partial charge in [0.1, 0.15) is 30.5 Å². The number of hydrogen-bond acceptors (Lipinski definition) is 6. The molecule has 2 aliphatic heterocycles. The summed E-state index contributed by atoms with van der Waals surface area (Å²) < 4.78 is 25.5. The molecule has 6 atom stereocenters. The number of rotatable bonds is 11. The molecule has 0 saturated carbocycles. The molecule has 2 saturated heterocycles. The summed E-state index contributed by atoms with van der Waals surface area (Å²) in [5, 5.41) is 5.75. The van der Waals surface area contributed by atoms with Crippen LogP contribution in [0.15, 0.2) is 91.0 Å². The fraction of sp³-hybridized carbons (Fsp3) is 0.355. The van der Waals surface area contributed by atoms with E-state index in [0.717, 1.165) is 16.7 Å². The van der Waals surface area contributed by atoms with Crippen LogP contribution in [0.25, 0.3) is 0 Å². The number of amides is 2. The summed E-state index contributed by atoms with van der Waals surface area (Å²) >= 11 is 0. The lowest BCUT2D eigenvalue weighted by molar-refractivity contribution is -0.228. The van der Waals surface area contributed by atoms with Crippen molar-refractivity contribution >= 4 is 11.8 Å². The molecule has 3 aromatic rings. The van der Waals surface area contributed by atoms with Gasteiger partial charge in [0.25, 0.3) is 0 Å². The molecule has 3 aromatic carbocycles. The fourth-order valence-electron chi connectivity index (χ4n) is 5.12. The third-order valence-corrected chi connectivity index (χ3v) is 6.97. The first-order chi connectivity index (χ1) is 19.1. The highest BCUT2D eigenvalue weighted by Gasteiger charge is 2.56. The number of nitrogens with one attached hydrogen (secondary N) is 2. The van der Waals surface area contributed by atoms with Gasteiger partial charge in [-0.2, -0.15) is 0 Å². The van der Waals surface area contributed by atoms with Crippen molar-refractivity contribution in [2.24, 2.45) is 0 Å². The van der Waals surface area contributed by atoms with Crippen molar-refractivity contribution < 1.29 is 28.5 Å². The lowest BCUT2D eigenvalue weighted by atomic mass is 9.91. The standard InChI is InChI=1S/C31H34N2O6/c1-21(34)32-27-29-26(33-31(27)35)30(38-19-24-15-9-4-10-16-24)28(37-18-23-13-7-3-8-14-23)25(39-29)20-36-17-22-11-5-2-6-12-22/h2-16,25-30H,17-20H2,1H3,(H,32,34)(H,33,35)/t25-,26+,27+,28+,29+,30-/m1/s1. The average molecular weight is 531 g/mol. The van der Waals surface area contributed by atoms with Crippen LogP contribution in [0.5, 0.6) is 0 Å². The van der Waals surface area contributed by atoms with Crippen LogP contribution in [0.4, 0.5) is 0 Å². The van der Waals surface area contributed by atoms with Gasteiger partial charge in [-0.3, -0.25) is 9.59 Å². The zero-order valence-corrected chi connectivity index (χ0v) is 21.9. The lowest BCUT2D eigenvalue weighted by Crippen LogP contribution is -2.63. The second-order valence-electron chi connectivity index (χ2n) is 9.87. The Morgan fingerprint density at radius 2 is 1.31 bits per heavy atom. The van der Waals surface area contributed by atoms with Gasteiger partial charge < -0.3 is 29.6 Å². The molecule has 39 heavy (non-hydrogen) atoms. The Labute approximate surface area is 228 Å². The maximum Gasteiger partial charge on any atom is 0.245 e. The molecule has 0 aromatic heterocycles. The van der Waals surface area contributed by atoms with Gasteiger partial charge in [0.15, 0.2) is 0 Å². The van der Waals surface area contributed by atoms with Gasteiger partial charge in [0, 0.05) is 6.92 Å². The molecule has 0 radical (unpaired) electrons. The zero-order valence-electron chi connectivity index (χ0n) is 21.9. The first-order valence-corrected chi connectivity index (χ1v) is 13.2. The van der Waals surface area contributed by atoms with Gasteiger partial charge in [-0.1, -0.05) is 91.0 Å². The van der Waals surface area contributed by atoms with E-state index in [2.05, 4.69) is 10.6 Å². The molecule has 5 rings (SSSR count). The first kappa shape index (κ1) is 27.0. The smallest absolute Gasteiger partial charge is 0.245 e. The van der Waals surface area contributed by atoms with Gasteiger partial charge in [0.2, 0.25) is 11.8 Å². The molecular formula is C31H34N2O6. The Balaban J connectivity index is 1.40. The zero-order chi connectivity index (χ0) is 27.0. The van der Waals surface area contributed by atoms with Crippen molar-refractivity contribution in [3.05, 3.63) is 108 Å². The third kappa shape index (κ3) is 6.91. The molecule has 0 unspecified atom stereocenters. The van der Waals surface area contributed by atoms with E-state index in [9.17, 15) is 9.59 Å². The van der Waals surface area contributed by atoms with Crippen molar-refractivity contribution in [3.63, 3.8) is 0 Å². The van der Waals surface area contributed by atoms with Crippen molar-refractivity contribution in [3.8, 4) is 0 Å². The number of hydrogen-bond donors (Lipinski definition) is 2. The van der Waals surface area contributed by atoms with E-state index in [-0.39, 0.29) is 18.4 Å². The molecular weight excluding hydrogens is 496 g/mol. The highest BCUT2D eigenvalue weighted by Crippen LogP contribution is 2.32. The predicted octanol–water partition coefficient (Wildman–Crippen LogP) is 3.14. The summed E-state index contributed by atoms with van der Waals surface area (Å²) in [6.07, 6.45) is -2.25. The van der Waals surface area contributed by atoms with Gasteiger partial charge in [-0.05, 0) is 16.7 Å². The van der Waals surface area contributed by atoms with Crippen LogP contribution in [-0.4, -0.2) is 54.9 Å². The molecule has 0 spiro atoms. The van der Waals surface area contributed by atoms with Gasteiger partial charge >= 0.3 is 0 Å². The lowest BCUT2D eigenvalue weighted by Gasteiger charge is -2.44. The minimum absolute atomic E-state index is 0.226. The topological polar surface area (TPSA) is 95.1 Å². The van der Waals surface area contributed by atoms with E-state index in [0.29, 0.717) is 19.8 Å². The monoisotopic (exact) mass is 530 g/mol. The number of carbonyl (C=O) groups excluding carboxylic acids is 2. The SMILES string of the molecule is CC(=O)N[C@@H]1C(=O)N[C@@H]2[C@@H](OCc3ccccc3)[C@@H](OCc3ccccc3)[C@@H](COCc3ccccc3)O[C@@H]21. The average Bonchev–Trinajstić information content (AvgIpc) is 3.26. The van der Waals surface area contributed by atoms with Crippen LogP contribution < -0.4 is 10.6 Å². The molecule has 2 aliphatic rings. The summed E-state index contributed by atoms with van der Waals surface area (Å²) in [5.74, 6) is -0.610. The van der Waals surface area contributed by atoms with Crippen LogP contribution in [0.3, 0.4) is 0 Å². The van der Waals surface area contributed by atoms with E-state index in [1.54, 1.807) is 0 Å². The Morgan fingerprint density at radius 3 is 1.85 bits per heavy atom. The number of carbonyl (C=O) groups is 2. The summed E-state index contributed by atoms with van der Waals surface area (Å²) in [4.78, 5) is 24.9. The van der Waals surface area contributed by atoms with E-state index in [4.69, 9.17) is 18.9 Å². The Morgan fingerprint density at radius 1 is 0.795 bits per heavy atom. The van der Waals surface area contributed by atoms with E-state index < -0.39 is 36.5 Å². The quantitative estimate of drug-likeness (QED) is 0.396. The Hall–Kier alpha value is -3.56. The first-order valence-electron chi connectivity index (χ1n) is 13.2. The fourth-order valence-corrected chi connectivity index (χ4v) is 5.12. The number of ether oxygens (including phenoxy) is 4. The summed E-state index contributed by atoms with van der Waals surface area (Å²) in [7, 11) is 0. The Kier molecular flexibility index (Phi) is 9.00. The van der Waals surface area contributed by atoms with Crippen molar-refractivity contribution in [2.45, 2.75) is 63.2 Å². The largest absolute Gasteiger partial charge is 0.374 e. The molecule has 2 fully saturated rings. The summed E-state index contributed by atoms with van der Waals surface area (Å²) in [6.45, 7) is 2.69. The Bertz CT molecular complexity index is 1210. The second-order valence-corrected chi connectivity index (χ2v) is 9.87. The molecule has 2 N–H and O–H groups in total. The van der Waals surface area contributed by atoms with Gasteiger partial charge in [0.05, 0.1) is 32.5 Å². The van der Waals surface area contributed by atoms with Crippen molar-refractivity contribution in [1.82, 2.24) is 10.6 Å². The summed E-state index contributed by atoms with van der Waals surface area (Å²) in [6, 6.07) is 28.3. The number of fused-ring (bicyclic) bond motifs is 1. The maximum atomic E-state index is 13.0. The highest BCUT2D eigenvalue weighted by molar-refractivity contribution is 5.90. The molecule has 8 nitrogen and oxygen atoms in total. The van der Waals surface area contributed by atoms with E-state index in [1.165, 1.54) is 6.92 Å². The summed E-state index contributed by atoms with van der Waals surface area (Å²) in [5.41, 5.74) is 3.05. The minimum atomic E-state index is -0.831. The third-order valence-electron chi connectivity index (χ3n) is 6.97.